The van der Waals surface area contributed by atoms with Gasteiger partial charge in [-0.15, -0.1) is 0 Å². The summed E-state index contributed by atoms with van der Waals surface area (Å²) in [5.41, 5.74) is 0.830. The Kier molecular flexibility index (Phi) is 4.80. The average molecular weight is 331 g/mol. The third kappa shape index (κ3) is 3.47. The largest absolute Gasteiger partial charge is 0.388 e. The molecule has 0 saturated carbocycles. The SMILES string of the molecule is O=S(=O)(c1ccccc1)N1CCCC1CC(O)c1ccccc1. The van der Waals surface area contributed by atoms with Gasteiger partial charge in [0.2, 0.25) is 10.0 Å². The Morgan fingerprint density at radius 3 is 2.30 bits per heavy atom. The molecule has 3 rings (SSSR count). The Morgan fingerprint density at radius 1 is 1.04 bits per heavy atom. The number of hydrogen-bond donors (Lipinski definition) is 1. The Balaban J connectivity index is 1.78. The lowest BCUT2D eigenvalue weighted by Crippen LogP contribution is -2.36. The van der Waals surface area contributed by atoms with Crippen molar-refractivity contribution in [1.29, 1.82) is 0 Å². The molecule has 122 valence electrons. The predicted octanol–water partition coefficient (Wildman–Crippen LogP) is 2.96. The first-order chi connectivity index (χ1) is 11.1. The molecule has 0 aromatic heterocycles. The first kappa shape index (κ1) is 16.2. The van der Waals surface area contributed by atoms with Crippen LogP contribution in [0.4, 0.5) is 0 Å². The molecule has 2 unspecified atom stereocenters. The van der Waals surface area contributed by atoms with Crippen molar-refractivity contribution in [1.82, 2.24) is 4.31 Å². The lowest BCUT2D eigenvalue weighted by Gasteiger charge is -2.26. The van der Waals surface area contributed by atoms with Gasteiger partial charge in [0.15, 0.2) is 0 Å². The molecule has 1 aliphatic heterocycles. The molecule has 1 fully saturated rings. The maximum absolute atomic E-state index is 12.8. The van der Waals surface area contributed by atoms with Gasteiger partial charge in [-0.25, -0.2) is 8.42 Å². The monoisotopic (exact) mass is 331 g/mol. The van der Waals surface area contributed by atoms with E-state index in [-0.39, 0.29) is 6.04 Å². The molecule has 0 amide bonds. The van der Waals surface area contributed by atoms with Crippen LogP contribution in [0.15, 0.2) is 65.6 Å². The van der Waals surface area contributed by atoms with Gasteiger partial charge in [-0.2, -0.15) is 4.31 Å². The molecule has 2 atom stereocenters. The van der Waals surface area contributed by atoms with Gasteiger partial charge in [0, 0.05) is 12.6 Å². The molecule has 2 aromatic rings. The molecule has 1 aliphatic rings. The first-order valence-corrected chi connectivity index (χ1v) is 9.33. The Hall–Kier alpha value is -1.69. The number of benzene rings is 2. The van der Waals surface area contributed by atoms with Gasteiger partial charge in [0.1, 0.15) is 0 Å². The van der Waals surface area contributed by atoms with E-state index in [9.17, 15) is 13.5 Å². The zero-order valence-electron chi connectivity index (χ0n) is 12.9. The molecule has 0 radical (unpaired) electrons. The second-order valence-electron chi connectivity index (χ2n) is 5.89. The van der Waals surface area contributed by atoms with Crippen molar-refractivity contribution in [3.63, 3.8) is 0 Å². The van der Waals surface area contributed by atoms with E-state index in [4.69, 9.17) is 0 Å². The third-order valence-corrected chi connectivity index (χ3v) is 6.32. The maximum atomic E-state index is 12.8. The summed E-state index contributed by atoms with van der Waals surface area (Å²) in [5, 5.41) is 10.4. The number of sulfonamides is 1. The molecule has 1 saturated heterocycles. The highest BCUT2D eigenvalue weighted by molar-refractivity contribution is 7.89. The molecule has 2 aromatic carbocycles. The van der Waals surface area contributed by atoms with Crippen LogP contribution in [-0.4, -0.2) is 30.4 Å². The van der Waals surface area contributed by atoms with E-state index < -0.39 is 16.1 Å². The molecule has 4 nitrogen and oxygen atoms in total. The van der Waals surface area contributed by atoms with Crippen LogP contribution in [0.3, 0.4) is 0 Å². The lowest BCUT2D eigenvalue weighted by atomic mass is 10.0. The highest BCUT2D eigenvalue weighted by atomic mass is 32.2. The van der Waals surface area contributed by atoms with Crippen molar-refractivity contribution < 1.29 is 13.5 Å². The van der Waals surface area contributed by atoms with E-state index in [2.05, 4.69) is 0 Å². The summed E-state index contributed by atoms with van der Waals surface area (Å²) in [7, 11) is -3.49. The maximum Gasteiger partial charge on any atom is 0.243 e. The van der Waals surface area contributed by atoms with Gasteiger partial charge in [0.05, 0.1) is 11.0 Å². The van der Waals surface area contributed by atoms with E-state index in [1.54, 1.807) is 34.6 Å². The van der Waals surface area contributed by atoms with Crippen LogP contribution in [-0.2, 0) is 10.0 Å². The highest BCUT2D eigenvalue weighted by Gasteiger charge is 2.36. The topological polar surface area (TPSA) is 57.6 Å². The fourth-order valence-electron chi connectivity index (χ4n) is 3.16. The van der Waals surface area contributed by atoms with Crippen molar-refractivity contribution >= 4 is 10.0 Å². The van der Waals surface area contributed by atoms with Gasteiger partial charge < -0.3 is 5.11 Å². The number of rotatable bonds is 5. The zero-order chi connectivity index (χ0) is 16.3. The minimum absolute atomic E-state index is 0.157. The van der Waals surface area contributed by atoms with Crippen molar-refractivity contribution in [3.8, 4) is 0 Å². The predicted molar refractivity (Wildman–Crippen MR) is 89.4 cm³/mol. The number of hydrogen-bond acceptors (Lipinski definition) is 3. The lowest BCUT2D eigenvalue weighted by molar-refractivity contribution is 0.142. The fraction of sp³-hybridized carbons (Fsp3) is 0.333. The second-order valence-corrected chi connectivity index (χ2v) is 7.78. The quantitative estimate of drug-likeness (QED) is 0.916. The minimum atomic E-state index is -3.49. The number of aliphatic hydroxyl groups excluding tert-OH is 1. The standard InChI is InChI=1S/C18H21NO3S/c20-18(15-8-3-1-4-9-15)14-16-10-7-13-19(16)23(21,22)17-11-5-2-6-12-17/h1-6,8-9,11-12,16,18,20H,7,10,13-14H2. The first-order valence-electron chi connectivity index (χ1n) is 7.89. The molecule has 1 N–H and O–H groups in total. The normalized spacial score (nSPS) is 20.5. The van der Waals surface area contributed by atoms with E-state index in [1.807, 2.05) is 30.3 Å². The van der Waals surface area contributed by atoms with Crippen LogP contribution in [0.25, 0.3) is 0 Å². The number of nitrogens with zero attached hydrogens (tertiary/aromatic N) is 1. The zero-order valence-corrected chi connectivity index (χ0v) is 13.7. The molecule has 23 heavy (non-hydrogen) atoms. The van der Waals surface area contributed by atoms with E-state index in [1.165, 1.54) is 0 Å². The van der Waals surface area contributed by atoms with E-state index in [0.717, 1.165) is 18.4 Å². The Bertz CT molecular complexity index is 731. The van der Waals surface area contributed by atoms with Gasteiger partial charge in [-0.1, -0.05) is 48.5 Å². The number of aliphatic hydroxyl groups is 1. The summed E-state index contributed by atoms with van der Waals surface area (Å²) in [5.74, 6) is 0. The van der Waals surface area contributed by atoms with E-state index in [0.29, 0.717) is 17.9 Å². The Labute approximate surface area is 137 Å². The molecule has 0 bridgehead atoms. The smallest absolute Gasteiger partial charge is 0.243 e. The minimum Gasteiger partial charge on any atom is -0.388 e. The second kappa shape index (κ2) is 6.83. The van der Waals surface area contributed by atoms with Gasteiger partial charge in [-0.3, -0.25) is 0 Å². The van der Waals surface area contributed by atoms with Crippen molar-refractivity contribution in [2.24, 2.45) is 0 Å². The Morgan fingerprint density at radius 2 is 1.65 bits per heavy atom. The fourth-order valence-corrected chi connectivity index (χ4v) is 4.88. The third-order valence-electron chi connectivity index (χ3n) is 4.35. The van der Waals surface area contributed by atoms with Crippen molar-refractivity contribution in [3.05, 3.63) is 66.2 Å². The van der Waals surface area contributed by atoms with Gasteiger partial charge in [0.25, 0.3) is 0 Å². The summed E-state index contributed by atoms with van der Waals surface area (Å²) >= 11 is 0. The molecular formula is C18H21NO3S. The highest BCUT2D eigenvalue weighted by Crippen LogP contribution is 2.31. The van der Waals surface area contributed by atoms with Crippen molar-refractivity contribution in [2.45, 2.75) is 36.3 Å². The summed E-state index contributed by atoms with van der Waals surface area (Å²) in [4.78, 5) is 0.320. The molecule has 5 heteroatoms. The van der Waals surface area contributed by atoms with Crippen LogP contribution < -0.4 is 0 Å². The molecule has 0 spiro atoms. The van der Waals surface area contributed by atoms with Gasteiger partial charge >= 0.3 is 0 Å². The van der Waals surface area contributed by atoms with E-state index >= 15 is 0 Å². The van der Waals surface area contributed by atoms with Crippen LogP contribution in [0.5, 0.6) is 0 Å². The van der Waals surface area contributed by atoms with Crippen LogP contribution in [0, 0.1) is 0 Å². The summed E-state index contributed by atoms with van der Waals surface area (Å²) in [6, 6.07) is 17.8. The van der Waals surface area contributed by atoms with Crippen LogP contribution >= 0.6 is 0 Å². The molecule has 0 aliphatic carbocycles. The average Bonchev–Trinajstić information content (AvgIpc) is 3.05. The molecule has 1 heterocycles. The summed E-state index contributed by atoms with van der Waals surface area (Å²) in [6.07, 6.45) is 1.40. The molecular weight excluding hydrogens is 310 g/mol. The van der Waals surface area contributed by atoms with Crippen LogP contribution in [0.1, 0.15) is 30.9 Å². The summed E-state index contributed by atoms with van der Waals surface area (Å²) < 4.78 is 27.2. The van der Waals surface area contributed by atoms with Crippen LogP contribution in [0.2, 0.25) is 0 Å². The van der Waals surface area contributed by atoms with Crippen molar-refractivity contribution in [2.75, 3.05) is 6.54 Å². The van der Waals surface area contributed by atoms with Gasteiger partial charge in [-0.05, 0) is 37.0 Å². The summed E-state index contributed by atoms with van der Waals surface area (Å²) in [6.45, 7) is 0.517.